The molecule has 0 radical (unpaired) electrons. The Morgan fingerprint density at radius 2 is 1.77 bits per heavy atom. The first-order valence-electron chi connectivity index (χ1n) is 8.53. The van der Waals surface area contributed by atoms with E-state index < -0.39 is 0 Å². The summed E-state index contributed by atoms with van der Waals surface area (Å²) in [6, 6.07) is 4.93. The van der Waals surface area contributed by atoms with Gasteiger partial charge in [-0.15, -0.1) is 0 Å². The number of benzene rings is 1. The molecule has 1 aromatic rings. The molecule has 120 valence electrons. The Bertz CT molecular complexity index is 540. The summed E-state index contributed by atoms with van der Waals surface area (Å²) in [5.74, 6) is 0.883. The van der Waals surface area contributed by atoms with Gasteiger partial charge in [0, 0.05) is 23.7 Å². The minimum absolute atomic E-state index is 0.270. The van der Waals surface area contributed by atoms with E-state index in [9.17, 15) is 4.39 Å². The third-order valence-corrected chi connectivity index (χ3v) is 5.66. The van der Waals surface area contributed by atoms with Gasteiger partial charge < -0.3 is 9.47 Å². The molecule has 2 saturated carbocycles. The standard InChI is InChI=1S/C18H24FNO2/c1-21-17-9-8-16(19)18-15(17)10-14(11-22-18)20(12-4-2-5-12)13-6-3-7-13/h8-9,12-14H,2-7,10-11H2,1H3/t14-/m1/s1. The fourth-order valence-corrected chi connectivity index (χ4v) is 4.05. The molecule has 0 aromatic heterocycles. The molecular weight excluding hydrogens is 281 g/mol. The number of methoxy groups -OCH3 is 1. The molecule has 2 fully saturated rings. The largest absolute Gasteiger partial charge is 0.496 e. The third kappa shape index (κ3) is 2.28. The van der Waals surface area contributed by atoms with Gasteiger partial charge in [0.1, 0.15) is 12.4 Å². The zero-order valence-corrected chi connectivity index (χ0v) is 13.2. The summed E-state index contributed by atoms with van der Waals surface area (Å²) in [6.07, 6.45) is 8.75. The normalized spacial score (nSPS) is 25.1. The van der Waals surface area contributed by atoms with E-state index in [-0.39, 0.29) is 5.82 Å². The predicted molar refractivity (Wildman–Crippen MR) is 83.1 cm³/mol. The summed E-state index contributed by atoms with van der Waals surface area (Å²) in [5.41, 5.74) is 0.905. The van der Waals surface area contributed by atoms with E-state index in [1.165, 1.54) is 44.6 Å². The number of halogens is 1. The van der Waals surface area contributed by atoms with Crippen LogP contribution < -0.4 is 9.47 Å². The van der Waals surface area contributed by atoms with Crippen molar-refractivity contribution in [2.24, 2.45) is 0 Å². The molecule has 3 nitrogen and oxygen atoms in total. The van der Waals surface area contributed by atoms with Crippen molar-refractivity contribution in [1.29, 1.82) is 0 Å². The maximum atomic E-state index is 14.0. The van der Waals surface area contributed by atoms with Crippen molar-refractivity contribution in [3.63, 3.8) is 0 Å². The maximum absolute atomic E-state index is 14.0. The molecule has 0 unspecified atom stereocenters. The number of hydrogen-bond donors (Lipinski definition) is 0. The van der Waals surface area contributed by atoms with Crippen LogP contribution in [0.25, 0.3) is 0 Å². The van der Waals surface area contributed by atoms with Gasteiger partial charge in [0.05, 0.1) is 7.11 Å². The van der Waals surface area contributed by atoms with Gasteiger partial charge >= 0.3 is 0 Å². The van der Waals surface area contributed by atoms with E-state index in [0.29, 0.717) is 30.5 Å². The van der Waals surface area contributed by atoms with E-state index in [2.05, 4.69) is 4.90 Å². The van der Waals surface area contributed by atoms with Crippen LogP contribution in [0.2, 0.25) is 0 Å². The Labute approximate surface area is 131 Å². The summed E-state index contributed by atoms with van der Waals surface area (Å²) >= 11 is 0. The number of hydrogen-bond acceptors (Lipinski definition) is 3. The van der Waals surface area contributed by atoms with Crippen molar-refractivity contribution < 1.29 is 13.9 Å². The van der Waals surface area contributed by atoms with Gasteiger partial charge in [-0.3, -0.25) is 4.90 Å². The highest BCUT2D eigenvalue weighted by Gasteiger charge is 2.40. The topological polar surface area (TPSA) is 21.7 Å². The van der Waals surface area contributed by atoms with E-state index >= 15 is 0 Å². The Morgan fingerprint density at radius 3 is 2.32 bits per heavy atom. The van der Waals surface area contributed by atoms with Crippen LogP contribution in [0.5, 0.6) is 11.5 Å². The van der Waals surface area contributed by atoms with Crippen molar-refractivity contribution >= 4 is 0 Å². The molecule has 3 aliphatic rings. The van der Waals surface area contributed by atoms with Crippen LogP contribution in [0.15, 0.2) is 12.1 Å². The van der Waals surface area contributed by atoms with Gasteiger partial charge in [0.2, 0.25) is 0 Å². The van der Waals surface area contributed by atoms with E-state index in [1.807, 2.05) is 0 Å². The van der Waals surface area contributed by atoms with E-state index in [4.69, 9.17) is 9.47 Å². The molecule has 0 N–H and O–H groups in total. The highest BCUT2D eigenvalue weighted by atomic mass is 19.1. The maximum Gasteiger partial charge on any atom is 0.165 e. The van der Waals surface area contributed by atoms with Crippen molar-refractivity contribution in [2.45, 2.75) is 63.1 Å². The molecule has 2 aliphatic carbocycles. The first-order chi connectivity index (χ1) is 10.8. The third-order valence-electron chi connectivity index (χ3n) is 5.66. The van der Waals surface area contributed by atoms with Gasteiger partial charge in [0.15, 0.2) is 11.6 Å². The summed E-state index contributed by atoms with van der Waals surface area (Å²) in [4.78, 5) is 2.69. The number of rotatable bonds is 4. The van der Waals surface area contributed by atoms with Crippen LogP contribution >= 0.6 is 0 Å². The van der Waals surface area contributed by atoms with Gasteiger partial charge in [-0.25, -0.2) is 4.39 Å². The lowest BCUT2D eigenvalue weighted by Crippen LogP contribution is -2.57. The molecule has 1 atom stereocenters. The second-order valence-electron chi connectivity index (χ2n) is 6.84. The Morgan fingerprint density at radius 1 is 1.09 bits per heavy atom. The molecule has 0 saturated heterocycles. The lowest BCUT2D eigenvalue weighted by molar-refractivity contribution is -0.0196. The minimum Gasteiger partial charge on any atom is -0.496 e. The van der Waals surface area contributed by atoms with Crippen molar-refractivity contribution in [1.82, 2.24) is 4.90 Å². The van der Waals surface area contributed by atoms with E-state index in [1.54, 1.807) is 13.2 Å². The lowest BCUT2D eigenvalue weighted by atomic mass is 9.82. The summed E-state index contributed by atoms with van der Waals surface area (Å²) < 4.78 is 25.3. The Kier molecular flexibility index (Phi) is 3.73. The molecule has 1 aliphatic heterocycles. The SMILES string of the molecule is COc1ccc(F)c2c1C[C@@H](N(C1CCC1)C1CCC1)CO2. The molecule has 4 heteroatoms. The van der Waals surface area contributed by atoms with Crippen molar-refractivity contribution in [3.8, 4) is 11.5 Å². The molecule has 0 bridgehead atoms. The van der Waals surface area contributed by atoms with Gasteiger partial charge in [-0.05, 0) is 44.2 Å². The average Bonchev–Trinajstić information content (AvgIpc) is 2.43. The minimum atomic E-state index is -0.270. The lowest BCUT2D eigenvalue weighted by Gasteiger charge is -2.51. The number of ether oxygens (including phenoxy) is 2. The molecule has 0 spiro atoms. The zero-order chi connectivity index (χ0) is 15.1. The van der Waals surface area contributed by atoms with E-state index in [0.717, 1.165) is 17.7 Å². The molecule has 0 amide bonds. The quantitative estimate of drug-likeness (QED) is 0.849. The molecular formula is C18H24FNO2. The molecule has 22 heavy (non-hydrogen) atoms. The van der Waals surface area contributed by atoms with Crippen LogP contribution in [-0.2, 0) is 6.42 Å². The van der Waals surface area contributed by atoms with Crippen LogP contribution in [0.1, 0.15) is 44.1 Å². The Balaban J connectivity index is 1.60. The Hall–Kier alpha value is -1.29. The van der Waals surface area contributed by atoms with Gasteiger partial charge in [-0.1, -0.05) is 12.8 Å². The van der Waals surface area contributed by atoms with Crippen LogP contribution in [0.3, 0.4) is 0 Å². The smallest absolute Gasteiger partial charge is 0.165 e. The first-order valence-corrected chi connectivity index (χ1v) is 8.53. The van der Waals surface area contributed by atoms with Crippen molar-refractivity contribution in [3.05, 3.63) is 23.5 Å². The summed E-state index contributed by atoms with van der Waals surface area (Å²) in [5, 5.41) is 0. The summed E-state index contributed by atoms with van der Waals surface area (Å²) in [7, 11) is 1.65. The summed E-state index contributed by atoms with van der Waals surface area (Å²) in [6.45, 7) is 0.601. The molecule has 1 aromatic carbocycles. The van der Waals surface area contributed by atoms with Crippen LogP contribution in [0, 0.1) is 5.82 Å². The zero-order valence-electron chi connectivity index (χ0n) is 13.2. The van der Waals surface area contributed by atoms with Crippen molar-refractivity contribution in [2.75, 3.05) is 13.7 Å². The molecule has 4 rings (SSSR count). The second kappa shape index (κ2) is 5.73. The number of nitrogens with zero attached hydrogens (tertiary/aromatic N) is 1. The first kappa shape index (κ1) is 14.3. The average molecular weight is 305 g/mol. The van der Waals surface area contributed by atoms with Crippen LogP contribution in [-0.4, -0.2) is 36.7 Å². The fraction of sp³-hybridized carbons (Fsp3) is 0.667. The van der Waals surface area contributed by atoms with Gasteiger partial charge in [0.25, 0.3) is 0 Å². The highest BCUT2D eigenvalue weighted by molar-refractivity contribution is 5.47. The number of fused-ring (bicyclic) bond motifs is 1. The van der Waals surface area contributed by atoms with Crippen LogP contribution in [0.4, 0.5) is 4.39 Å². The van der Waals surface area contributed by atoms with Gasteiger partial charge in [-0.2, -0.15) is 0 Å². The second-order valence-corrected chi connectivity index (χ2v) is 6.84. The predicted octanol–water partition coefficient (Wildman–Crippen LogP) is 3.54. The fourth-order valence-electron chi connectivity index (χ4n) is 4.05. The monoisotopic (exact) mass is 305 g/mol. The highest BCUT2D eigenvalue weighted by Crippen LogP contribution is 2.41. The molecule has 1 heterocycles.